The molecule has 0 aliphatic carbocycles. The minimum atomic E-state index is -1.45. The summed E-state index contributed by atoms with van der Waals surface area (Å²) in [7, 11) is 2.52. The maximum absolute atomic E-state index is 12.3. The fraction of sp³-hybridized carbons (Fsp3) is 0.429. The van der Waals surface area contributed by atoms with Gasteiger partial charge in [0.05, 0.1) is 19.8 Å². The zero-order chi connectivity index (χ0) is 16.0. The van der Waals surface area contributed by atoms with E-state index in [4.69, 9.17) is 25.8 Å². The van der Waals surface area contributed by atoms with E-state index in [-0.39, 0.29) is 12.2 Å². The van der Waals surface area contributed by atoms with Gasteiger partial charge in [-0.3, -0.25) is 0 Å². The molecule has 1 rings (SSSR count). The molecule has 0 fully saturated rings. The molecule has 0 spiro atoms. The first-order valence-electron chi connectivity index (χ1n) is 6.12. The molecule has 0 saturated heterocycles. The molecule has 0 aromatic heterocycles. The van der Waals surface area contributed by atoms with Gasteiger partial charge in [0.15, 0.2) is 0 Å². The second-order valence-corrected chi connectivity index (χ2v) is 5.35. The number of rotatable bonds is 6. The van der Waals surface area contributed by atoms with Crippen molar-refractivity contribution in [2.24, 2.45) is 0 Å². The van der Waals surface area contributed by atoms with Gasteiger partial charge in [-0.05, 0) is 25.3 Å². The molecule has 7 heteroatoms. The Bertz CT molecular complexity index is 534. The van der Waals surface area contributed by atoms with E-state index in [1.807, 2.05) is 0 Å². The Morgan fingerprint density at radius 2 is 1.95 bits per heavy atom. The SMILES string of the molecule is CCOC(SC)(C(=O)OC)c1ccc(Cl)cc1C(=O)OC. The summed E-state index contributed by atoms with van der Waals surface area (Å²) in [6.07, 6.45) is 1.70. The topological polar surface area (TPSA) is 61.8 Å². The fourth-order valence-corrected chi connectivity index (χ4v) is 2.97. The zero-order valence-corrected chi connectivity index (χ0v) is 13.8. The lowest BCUT2D eigenvalue weighted by Crippen LogP contribution is -2.38. The molecule has 0 N–H and O–H groups in total. The van der Waals surface area contributed by atoms with Crippen LogP contribution in [0.2, 0.25) is 5.02 Å². The third kappa shape index (κ3) is 3.51. The van der Waals surface area contributed by atoms with E-state index < -0.39 is 16.9 Å². The molecule has 1 unspecified atom stereocenters. The van der Waals surface area contributed by atoms with Crippen LogP contribution >= 0.6 is 23.4 Å². The van der Waals surface area contributed by atoms with Crippen molar-refractivity contribution >= 4 is 35.3 Å². The number of hydrogen-bond acceptors (Lipinski definition) is 6. The maximum Gasteiger partial charge on any atom is 0.353 e. The van der Waals surface area contributed by atoms with E-state index >= 15 is 0 Å². The lowest BCUT2D eigenvalue weighted by atomic mass is 10.0. The molecule has 0 amide bonds. The zero-order valence-electron chi connectivity index (χ0n) is 12.3. The first kappa shape index (κ1) is 17.8. The summed E-state index contributed by atoms with van der Waals surface area (Å²) in [5.41, 5.74) is 0.512. The number of carbonyl (C=O) groups is 2. The van der Waals surface area contributed by atoms with Crippen LogP contribution in [0, 0.1) is 0 Å². The molecule has 1 aromatic carbocycles. The number of thioether (sulfide) groups is 1. The minimum absolute atomic E-state index is 0.165. The Morgan fingerprint density at radius 1 is 1.29 bits per heavy atom. The molecule has 0 aliphatic rings. The van der Waals surface area contributed by atoms with Crippen LogP contribution in [0.3, 0.4) is 0 Å². The lowest BCUT2D eigenvalue weighted by molar-refractivity contribution is -0.158. The third-order valence-electron chi connectivity index (χ3n) is 2.83. The average molecular weight is 333 g/mol. The van der Waals surface area contributed by atoms with Gasteiger partial charge in [-0.15, -0.1) is 11.8 Å². The predicted octanol–water partition coefficient (Wildman–Crippen LogP) is 2.85. The highest BCUT2D eigenvalue weighted by molar-refractivity contribution is 8.00. The molecule has 0 heterocycles. The summed E-state index contributed by atoms with van der Waals surface area (Å²) < 4.78 is 15.2. The van der Waals surface area contributed by atoms with Crippen LogP contribution in [0.15, 0.2) is 18.2 Å². The standard InChI is InChI=1S/C14H17ClO5S/c1-5-20-14(21-4,13(17)19-3)11-7-6-9(15)8-10(11)12(16)18-2/h6-8H,5H2,1-4H3. The highest BCUT2D eigenvalue weighted by atomic mass is 35.5. The molecule has 0 saturated carbocycles. The molecule has 0 aliphatic heterocycles. The van der Waals surface area contributed by atoms with Gasteiger partial charge < -0.3 is 14.2 Å². The predicted molar refractivity (Wildman–Crippen MR) is 81.6 cm³/mol. The molecule has 0 radical (unpaired) electrons. The van der Waals surface area contributed by atoms with Crippen molar-refractivity contribution in [3.8, 4) is 0 Å². The van der Waals surface area contributed by atoms with Crippen molar-refractivity contribution in [2.75, 3.05) is 27.1 Å². The van der Waals surface area contributed by atoms with E-state index in [9.17, 15) is 9.59 Å². The second-order valence-electron chi connectivity index (χ2n) is 3.93. The van der Waals surface area contributed by atoms with E-state index in [1.54, 1.807) is 25.3 Å². The largest absolute Gasteiger partial charge is 0.466 e. The molecular formula is C14H17ClO5S. The number of hydrogen-bond donors (Lipinski definition) is 0. The maximum atomic E-state index is 12.3. The van der Waals surface area contributed by atoms with Crippen molar-refractivity contribution in [1.82, 2.24) is 0 Å². The van der Waals surface area contributed by atoms with Crippen LogP contribution in [0.4, 0.5) is 0 Å². The highest BCUT2D eigenvalue weighted by Gasteiger charge is 2.44. The number of halogens is 1. The molecule has 1 atom stereocenters. The quantitative estimate of drug-likeness (QED) is 0.589. The van der Waals surface area contributed by atoms with Crippen molar-refractivity contribution in [1.29, 1.82) is 0 Å². The van der Waals surface area contributed by atoms with Gasteiger partial charge >= 0.3 is 11.9 Å². The minimum Gasteiger partial charge on any atom is -0.466 e. The van der Waals surface area contributed by atoms with Gasteiger partial charge in [0.1, 0.15) is 0 Å². The van der Waals surface area contributed by atoms with Crippen LogP contribution in [0.1, 0.15) is 22.8 Å². The monoisotopic (exact) mass is 332 g/mol. The van der Waals surface area contributed by atoms with Crippen molar-refractivity contribution in [2.45, 2.75) is 11.9 Å². The van der Waals surface area contributed by atoms with Gasteiger partial charge in [-0.1, -0.05) is 17.7 Å². The summed E-state index contributed by atoms with van der Waals surface area (Å²) in [5.74, 6) is -1.21. The van der Waals surface area contributed by atoms with Gasteiger partial charge in [-0.25, -0.2) is 9.59 Å². The Morgan fingerprint density at radius 3 is 2.43 bits per heavy atom. The van der Waals surface area contributed by atoms with E-state index in [2.05, 4.69) is 0 Å². The Hall–Kier alpha value is -1.24. The Balaban J connectivity index is 3.57. The smallest absolute Gasteiger partial charge is 0.353 e. The summed E-state index contributed by atoms with van der Waals surface area (Å²) >= 11 is 7.06. The Kier molecular flexibility index (Phi) is 6.51. The highest BCUT2D eigenvalue weighted by Crippen LogP contribution is 2.40. The van der Waals surface area contributed by atoms with E-state index in [0.717, 1.165) is 11.8 Å². The van der Waals surface area contributed by atoms with Crippen molar-refractivity contribution in [3.05, 3.63) is 34.3 Å². The molecular weight excluding hydrogens is 316 g/mol. The van der Waals surface area contributed by atoms with Crippen molar-refractivity contribution in [3.63, 3.8) is 0 Å². The molecule has 1 aromatic rings. The third-order valence-corrected chi connectivity index (χ3v) is 4.15. The summed E-state index contributed by atoms with van der Waals surface area (Å²) in [4.78, 5) is 22.8. The van der Waals surface area contributed by atoms with Crippen molar-refractivity contribution < 1.29 is 23.8 Å². The second kappa shape index (κ2) is 7.68. The van der Waals surface area contributed by atoms with Gasteiger partial charge in [-0.2, -0.15) is 0 Å². The fourth-order valence-electron chi connectivity index (χ4n) is 1.92. The van der Waals surface area contributed by atoms with E-state index in [1.165, 1.54) is 20.3 Å². The van der Waals surface area contributed by atoms with Gasteiger partial charge in [0.25, 0.3) is 0 Å². The molecule has 116 valence electrons. The number of methoxy groups -OCH3 is 2. The summed E-state index contributed by atoms with van der Waals surface area (Å²) in [6, 6.07) is 4.59. The Labute approximate surface area is 132 Å². The number of ether oxygens (including phenoxy) is 3. The van der Waals surface area contributed by atoms with Crippen LogP contribution in [0.5, 0.6) is 0 Å². The molecule has 21 heavy (non-hydrogen) atoms. The lowest BCUT2D eigenvalue weighted by Gasteiger charge is -2.30. The molecule has 0 bridgehead atoms. The number of esters is 2. The van der Waals surface area contributed by atoms with Crippen LogP contribution in [0.25, 0.3) is 0 Å². The number of benzene rings is 1. The van der Waals surface area contributed by atoms with Crippen LogP contribution in [-0.2, 0) is 23.9 Å². The van der Waals surface area contributed by atoms with Gasteiger partial charge in [0, 0.05) is 17.2 Å². The van der Waals surface area contributed by atoms with Crippen LogP contribution in [-0.4, -0.2) is 39.0 Å². The average Bonchev–Trinajstić information content (AvgIpc) is 2.51. The first-order valence-corrected chi connectivity index (χ1v) is 7.72. The first-order chi connectivity index (χ1) is 9.96. The number of carbonyl (C=O) groups excluding carboxylic acids is 2. The van der Waals surface area contributed by atoms with Crippen LogP contribution < -0.4 is 0 Å². The molecule has 5 nitrogen and oxygen atoms in total. The van der Waals surface area contributed by atoms with E-state index in [0.29, 0.717) is 10.6 Å². The summed E-state index contributed by atoms with van der Waals surface area (Å²) in [5, 5.41) is 0.357. The normalized spacial score (nSPS) is 13.4. The summed E-state index contributed by atoms with van der Waals surface area (Å²) in [6.45, 7) is 2.01. The van der Waals surface area contributed by atoms with Gasteiger partial charge in [0.2, 0.25) is 4.93 Å².